The van der Waals surface area contributed by atoms with Gasteiger partial charge >= 0.3 is 5.97 Å². The summed E-state index contributed by atoms with van der Waals surface area (Å²) >= 11 is 0. The highest BCUT2D eigenvalue weighted by atomic mass is 16.6. The smallest absolute Gasteiger partial charge is 0.336 e. The molecule has 0 bridgehead atoms. The van der Waals surface area contributed by atoms with Gasteiger partial charge in [0.25, 0.3) is 5.69 Å². The van der Waals surface area contributed by atoms with Gasteiger partial charge < -0.3 is 4.74 Å². The van der Waals surface area contributed by atoms with Crippen LogP contribution in [0.5, 0.6) is 0 Å². The lowest BCUT2D eigenvalue weighted by molar-refractivity contribution is -0.385. The van der Waals surface area contributed by atoms with Crippen LogP contribution in [0.4, 0.5) is 5.69 Å². The molecule has 7 heteroatoms. The van der Waals surface area contributed by atoms with Gasteiger partial charge in [-0.1, -0.05) is 18.2 Å². The molecule has 0 spiro atoms. The van der Waals surface area contributed by atoms with E-state index < -0.39 is 22.7 Å². The van der Waals surface area contributed by atoms with Gasteiger partial charge in [0.1, 0.15) is 5.78 Å². The summed E-state index contributed by atoms with van der Waals surface area (Å²) in [4.78, 5) is 40.1. The van der Waals surface area contributed by atoms with Gasteiger partial charge in [0.05, 0.1) is 23.0 Å². The molecule has 0 aromatic heterocycles. The normalized spacial score (nSPS) is 20.1. The molecule has 0 amide bonds. The number of nitrogens with zero attached hydrogens (tertiary/aromatic N) is 2. The third-order valence-corrected chi connectivity index (χ3v) is 4.23. The summed E-state index contributed by atoms with van der Waals surface area (Å²) in [7, 11) is 0. The van der Waals surface area contributed by atoms with Crippen molar-refractivity contribution in [2.45, 2.75) is 33.6 Å². The maximum atomic E-state index is 12.5. The molecule has 0 N–H and O–H groups in total. The zero-order valence-electron chi connectivity index (χ0n) is 14.6. The van der Waals surface area contributed by atoms with Crippen molar-refractivity contribution in [1.82, 2.24) is 0 Å². The van der Waals surface area contributed by atoms with Crippen molar-refractivity contribution in [3.8, 4) is 0 Å². The van der Waals surface area contributed by atoms with E-state index in [9.17, 15) is 19.7 Å². The van der Waals surface area contributed by atoms with E-state index in [1.54, 1.807) is 39.0 Å². The minimum Gasteiger partial charge on any atom is -0.463 e. The van der Waals surface area contributed by atoms with Crippen LogP contribution in [0, 0.1) is 16.0 Å². The minimum atomic E-state index is -0.796. The van der Waals surface area contributed by atoms with Gasteiger partial charge in [-0.2, -0.15) is 0 Å². The third-order valence-electron chi connectivity index (χ3n) is 4.23. The minimum absolute atomic E-state index is 0.136. The number of allylic oxidation sites excluding steroid dienone is 1. The fourth-order valence-electron chi connectivity index (χ4n) is 3.29. The number of esters is 1. The molecule has 0 saturated carbocycles. The molecule has 0 saturated heterocycles. The summed E-state index contributed by atoms with van der Waals surface area (Å²) in [6.45, 7) is 6.57. The van der Waals surface area contributed by atoms with Crippen molar-refractivity contribution in [2.24, 2.45) is 10.9 Å². The van der Waals surface area contributed by atoms with E-state index >= 15 is 0 Å². The van der Waals surface area contributed by atoms with Gasteiger partial charge in [-0.15, -0.1) is 0 Å². The number of benzene rings is 1. The molecular weight excluding hydrogens is 324 g/mol. The van der Waals surface area contributed by atoms with Crippen LogP contribution in [0.3, 0.4) is 0 Å². The third kappa shape index (κ3) is 3.50. The summed E-state index contributed by atoms with van der Waals surface area (Å²) < 4.78 is 5.12. The second kappa shape index (κ2) is 7.38. The first-order chi connectivity index (χ1) is 11.8. The fourth-order valence-corrected chi connectivity index (χ4v) is 3.29. The number of carbonyl (C=O) groups excluding carboxylic acids is 2. The molecule has 132 valence electrons. The quantitative estimate of drug-likeness (QED) is 0.464. The van der Waals surface area contributed by atoms with Crippen LogP contribution in [-0.2, 0) is 14.3 Å². The first-order valence-electron chi connectivity index (χ1n) is 7.96. The van der Waals surface area contributed by atoms with Crippen molar-refractivity contribution in [2.75, 3.05) is 6.61 Å². The Labute approximate surface area is 145 Å². The molecule has 0 fully saturated rings. The second-order valence-electron chi connectivity index (χ2n) is 5.85. The van der Waals surface area contributed by atoms with E-state index in [4.69, 9.17) is 4.74 Å². The number of aliphatic imine (C=N–C) groups is 1. The topological polar surface area (TPSA) is 98.9 Å². The number of rotatable bonds is 5. The lowest BCUT2D eigenvalue weighted by Crippen LogP contribution is -2.34. The fraction of sp³-hybridized carbons (Fsp3) is 0.389. The molecule has 1 aliphatic heterocycles. The second-order valence-corrected chi connectivity index (χ2v) is 5.85. The van der Waals surface area contributed by atoms with Crippen LogP contribution in [0.15, 0.2) is 40.5 Å². The van der Waals surface area contributed by atoms with Gasteiger partial charge in [-0.3, -0.25) is 19.9 Å². The Bertz CT molecular complexity index is 794. The zero-order valence-corrected chi connectivity index (χ0v) is 14.6. The summed E-state index contributed by atoms with van der Waals surface area (Å²) in [5.41, 5.74) is 1.31. The summed E-state index contributed by atoms with van der Waals surface area (Å²) in [6.07, 6.45) is 0. The number of carbonyl (C=O) groups is 2. The molecule has 1 aliphatic rings. The van der Waals surface area contributed by atoms with Crippen LogP contribution >= 0.6 is 0 Å². The van der Waals surface area contributed by atoms with E-state index in [1.807, 2.05) is 0 Å². The Hall–Kier alpha value is -2.83. The number of ketones is 1. The predicted molar refractivity (Wildman–Crippen MR) is 92.5 cm³/mol. The Morgan fingerprint density at radius 2 is 1.92 bits per heavy atom. The van der Waals surface area contributed by atoms with Gasteiger partial charge in [0.2, 0.25) is 0 Å². The summed E-state index contributed by atoms with van der Waals surface area (Å²) in [6, 6.07) is 6.14. The van der Waals surface area contributed by atoms with Crippen molar-refractivity contribution in [1.29, 1.82) is 0 Å². The van der Waals surface area contributed by atoms with Gasteiger partial charge in [0, 0.05) is 29.0 Å². The van der Waals surface area contributed by atoms with E-state index in [-0.39, 0.29) is 23.7 Å². The molecule has 7 nitrogen and oxygen atoms in total. The number of hydrogen-bond donors (Lipinski definition) is 0. The Morgan fingerprint density at radius 3 is 2.48 bits per heavy atom. The largest absolute Gasteiger partial charge is 0.463 e. The maximum Gasteiger partial charge on any atom is 0.336 e. The lowest BCUT2D eigenvalue weighted by Gasteiger charge is -2.31. The van der Waals surface area contributed by atoms with Crippen molar-refractivity contribution >= 4 is 23.2 Å². The molecular formula is C18H20N2O5. The van der Waals surface area contributed by atoms with E-state index in [0.29, 0.717) is 17.0 Å². The van der Waals surface area contributed by atoms with Crippen molar-refractivity contribution in [3.63, 3.8) is 0 Å². The maximum absolute atomic E-state index is 12.5. The van der Waals surface area contributed by atoms with Crippen molar-refractivity contribution < 1.29 is 19.2 Å². The lowest BCUT2D eigenvalue weighted by atomic mass is 9.73. The number of hydrogen-bond acceptors (Lipinski definition) is 6. The average molecular weight is 344 g/mol. The van der Waals surface area contributed by atoms with Gasteiger partial charge in [-0.25, -0.2) is 4.79 Å². The van der Waals surface area contributed by atoms with Gasteiger partial charge in [-0.05, 0) is 27.7 Å². The Morgan fingerprint density at radius 1 is 1.28 bits per heavy atom. The highest BCUT2D eigenvalue weighted by Crippen LogP contribution is 2.42. The van der Waals surface area contributed by atoms with E-state index in [1.165, 1.54) is 13.0 Å². The number of nitro benzene ring substituents is 1. The van der Waals surface area contributed by atoms with Gasteiger partial charge in [0.15, 0.2) is 0 Å². The highest BCUT2D eigenvalue weighted by molar-refractivity contribution is 6.08. The molecule has 1 aromatic carbocycles. The molecule has 1 aromatic rings. The van der Waals surface area contributed by atoms with Crippen LogP contribution in [0.1, 0.15) is 39.2 Å². The highest BCUT2D eigenvalue weighted by Gasteiger charge is 2.42. The zero-order chi connectivity index (χ0) is 18.7. The Balaban J connectivity index is 2.75. The first-order valence-corrected chi connectivity index (χ1v) is 7.96. The number of para-hydroxylation sites is 1. The predicted octanol–water partition coefficient (Wildman–Crippen LogP) is 3.20. The molecule has 0 radical (unpaired) electrons. The molecule has 2 rings (SSSR count). The average Bonchev–Trinajstić information content (AvgIpc) is 2.53. The number of Topliss-reactive ketones (excluding diaryl/α,β-unsaturated/α-hetero) is 1. The molecule has 0 aliphatic carbocycles. The van der Waals surface area contributed by atoms with Crippen LogP contribution in [0.25, 0.3) is 0 Å². The standard InChI is InChI=1S/C18H20N2O5/c1-5-25-18(22)16-11(3)19-10(2)15(12(4)21)17(16)13-8-6-7-9-14(13)20(23)24/h6-9,15,17H,5H2,1-4H3. The summed E-state index contributed by atoms with van der Waals surface area (Å²) in [5, 5.41) is 11.5. The van der Waals surface area contributed by atoms with E-state index in [0.717, 1.165) is 0 Å². The number of ether oxygens (including phenoxy) is 1. The summed E-state index contributed by atoms with van der Waals surface area (Å²) in [5.74, 6) is -2.36. The molecule has 2 unspecified atom stereocenters. The van der Waals surface area contributed by atoms with Crippen LogP contribution < -0.4 is 0 Å². The van der Waals surface area contributed by atoms with Crippen LogP contribution in [-0.4, -0.2) is 29.0 Å². The number of nitro groups is 1. The SMILES string of the molecule is CCOC(=O)C1=C(C)N=C(C)C(C(C)=O)C1c1ccccc1[N+](=O)[O-]. The van der Waals surface area contributed by atoms with Crippen molar-refractivity contribution in [3.05, 3.63) is 51.2 Å². The monoisotopic (exact) mass is 344 g/mol. The molecule has 25 heavy (non-hydrogen) atoms. The first kappa shape index (κ1) is 18.5. The Kier molecular flexibility index (Phi) is 5.46. The molecule has 2 atom stereocenters. The van der Waals surface area contributed by atoms with Crippen LogP contribution in [0.2, 0.25) is 0 Å². The molecule has 1 heterocycles. The van der Waals surface area contributed by atoms with E-state index in [2.05, 4.69) is 4.99 Å².